The highest BCUT2D eigenvalue weighted by atomic mass is 16.3. The second kappa shape index (κ2) is 7.94. The Hall–Kier alpha value is -0.970. The third-order valence-corrected chi connectivity index (χ3v) is 6.06. The van der Waals surface area contributed by atoms with E-state index >= 15 is 0 Å². The van der Waals surface area contributed by atoms with Gasteiger partial charge in [-0.05, 0) is 49.5 Å². The molecule has 4 nitrogen and oxygen atoms in total. The van der Waals surface area contributed by atoms with Crippen molar-refractivity contribution in [3.63, 3.8) is 0 Å². The number of hydrogen-bond donors (Lipinski definition) is 3. The van der Waals surface area contributed by atoms with Crippen molar-refractivity contribution in [3.8, 4) is 0 Å². The van der Waals surface area contributed by atoms with Crippen LogP contribution < -0.4 is 0 Å². The van der Waals surface area contributed by atoms with E-state index in [-0.39, 0.29) is 35.1 Å². The lowest BCUT2D eigenvalue weighted by Crippen LogP contribution is -2.43. The van der Waals surface area contributed by atoms with Gasteiger partial charge in [0.2, 0.25) is 0 Å². The van der Waals surface area contributed by atoms with Crippen LogP contribution in [0.4, 0.5) is 0 Å². The average Bonchev–Trinajstić information content (AvgIpc) is 2.54. The molecule has 24 heavy (non-hydrogen) atoms. The largest absolute Gasteiger partial charge is 0.393 e. The number of hydrogen-bond acceptors (Lipinski definition) is 4. The van der Waals surface area contributed by atoms with Crippen LogP contribution in [0.1, 0.15) is 52.4 Å². The first-order valence-electron chi connectivity index (χ1n) is 9.14. The molecule has 0 radical (unpaired) electrons. The molecule has 0 aromatic heterocycles. The summed E-state index contributed by atoms with van der Waals surface area (Å²) in [6.07, 6.45) is 7.72. The molecule has 0 heterocycles. The summed E-state index contributed by atoms with van der Waals surface area (Å²) >= 11 is 0. The number of carbonyl (C=O) groups excluding carboxylic acids is 1. The molecule has 0 saturated heterocycles. The molecule has 3 N–H and O–H groups in total. The number of aliphatic hydroxyl groups is 3. The van der Waals surface area contributed by atoms with E-state index in [1.165, 1.54) is 0 Å². The molecular weight excluding hydrogens is 304 g/mol. The minimum atomic E-state index is -0.617. The van der Waals surface area contributed by atoms with E-state index in [2.05, 4.69) is 6.58 Å². The van der Waals surface area contributed by atoms with Gasteiger partial charge in [-0.1, -0.05) is 26.0 Å². The molecule has 4 heteroatoms. The number of carbonyl (C=O) groups is 1. The van der Waals surface area contributed by atoms with Gasteiger partial charge < -0.3 is 15.3 Å². The van der Waals surface area contributed by atoms with Gasteiger partial charge in [-0.15, -0.1) is 6.58 Å². The molecule has 4 unspecified atom stereocenters. The van der Waals surface area contributed by atoms with Crippen LogP contribution in [-0.4, -0.2) is 39.4 Å². The Labute approximate surface area is 145 Å². The second-order valence-corrected chi connectivity index (χ2v) is 8.17. The molecule has 2 aliphatic carbocycles. The van der Waals surface area contributed by atoms with Gasteiger partial charge >= 0.3 is 0 Å². The molecule has 0 amide bonds. The molecule has 2 fully saturated rings. The Bertz CT molecular complexity index is 474. The zero-order valence-corrected chi connectivity index (χ0v) is 14.9. The maximum Gasteiger partial charge on any atom is 0.158 e. The standard InChI is InChI=1S/C20H32O4/c1-4-20(2,3)16-11-14(18(23)12-19(16)24)7-10-17(22)13-5-8-15(21)9-6-13/h4,7,10,13-16,18-19,21,23-24H,1,5-6,8-9,11-12H2,2-3H3/b10-7+. The van der Waals surface area contributed by atoms with Gasteiger partial charge in [-0.2, -0.15) is 0 Å². The summed E-state index contributed by atoms with van der Waals surface area (Å²) in [4.78, 5) is 12.3. The quantitative estimate of drug-likeness (QED) is 0.533. The summed E-state index contributed by atoms with van der Waals surface area (Å²) in [6.45, 7) is 7.95. The maximum absolute atomic E-state index is 12.3. The van der Waals surface area contributed by atoms with Crippen molar-refractivity contribution in [1.82, 2.24) is 0 Å². The zero-order chi connectivity index (χ0) is 17.9. The first-order valence-corrected chi connectivity index (χ1v) is 9.14. The fourth-order valence-corrected chi connectivity index (χ4v) is 4.07. The summed E-state index contributed by atoms with van der Waals surface area (Å²) < 4.78 is 0. The molecule has 4 atom stereocenters. The van der Waals surface area contributed by atoms with E-state index in [1.807, 2.05) is 26.0 Å². The molecule has 2 rings (SSSR count). The Morgan fingerprint density at radius 3 is 2.25 bits per heavy atom. The Morgan fingerprint density at radius 1 is 1.04 bits per heavy atom. The number of ketones is 1. The van der Waals surface area contributed by atoms with Gasteiger partial charge in [0, 0.05) is 18.3 Å². The fourth-order valence-electron chi connectivity index (χ4n) is 4.07. The third-order valence-electron chi connectivity index (χ3n) is 6.06. The van der Waals surface area contributed by atoms with E-state index in [0.29, 0.717) is 25.7 Å². The monoisotopic (exact) mass is 336 g/mol. The van der Waals surface area contributed by atoms with Crippen LogP contribution in [0.15, 0.2) is 24.8 Å². The van der Waals surface area contributed by atoms with Crippen LogP contribution in [0.25, 0.3) is 0 Å². The molecule has 0 aromatic rings. The molecule has 136 valence electrons. The summed E-state index contributed by atoms with van der Waals surface area (Å²) in [5.74, 6) is -0.000116. The van der Waals surface area contributed by atoms with Crippen LogP contribution in [0.2, 0.25) is 0 Å². The lowest BCUT2D eigenvalue weighted by atomic mass is 9.65. The first-order chi connectivity index (χ1) is 11.2. The van der Waals surface area contributed by atoms with Gasteiger partial charge in [-0.25, -0.2) is 0 Å². The molecule has 0 spiro atoms. The summed E-state index contributed by atoms with van der Waals surface area (Å²) in [6, 6.07) is 0. The summed E-state index contributed by atoms with van der Waals surface area (Å²) in [7, 11) is 0. The molecule has 2 aliphatic rings. The van der Waals surface area contributed by atoms with Crippen molar-refractivity contribution < 1.29 is 20.1 Å². The first kappa shape index (κ1) is 19.4. The van der Waals surface area contributed by atoms with Gasteiger partial charge in [0.05, 0.1) is 18.3 Å². The minimum Gasteiger partial charge on any atom is -0.393 e. The number of aliphatic hydroxyl groups excluding tert-OH is 3. The lowest BCUT2D eigenvalue weighted by molar-refractivity contribution is -0.119. The number of allylic oxidation sites excluding steroid dienone is 2. The molecule has 0 bridgehead atoms. The molecule has 0 aliphatic heterocycles. The fraction of sp³-hybridized carbons (Fsp3) is 0.750. The van der Waals surface area contributed by atoms with Gasteiger partial charge in [0.1, 0.15) is 0 Å². The third kappa shape index (κ3) is 4.56. The smallest absolute Gasteiger partial charge is 0.158 e. The van der Waals surface area contributed by atoms with Crippen molar-refractivity contribution in [2.75, 3.05) is 0 Å². The highest BCUT2D eigenvalue weighted by molar-refractivity contribution is 5.91. The maximum atomic E-state index is 12.3. The zero-order valence-electron chi connectivity index (χ0n) is 14.9. The highest BCUT2D eigenvalue weighted by Gasteiger charge is 2.41. The van der Waals surface area contributed by atoms with Crippen LogP contribution in [0.3, 0.4) is 0 Å². The normalized spacial score (nSPS) is 38.2. The second-order valence-electron chi connectivity index (χ2n) is 8.17. The Kier molecular flexibility index (Phi) is 6.40. The van der Waals surface area contributed by atoms with E-state index in [1.54, 1.807) is 6.08 Å². The molecular formula is C20H32O4. The predicted molar refractivity (Wildman–Crippen MR) is 94.3 cm³/mol. The number of rotatable bonds is 5. The molecule has 0 aromatic carbocycles. The van der Waals surface area contributed by atoms with Crippen LogP contribution in [-0.2, 0) is 4.79 Å². The molecule has 2 saturated carbocycles. The van der Waals surface area contributed by atoms with Crippen molar-refractivity contribution in [2.45, 2.75) is 70.7 Å². The van der Waals surface area contributed by atoms with Gasteiger partial charge in [-0.3, -0.25) is 4.79 Å². The van der Waals surface area contributed by atoms with Crippen molar-refractivity contribution in [3.05, 3.63) is 24.8 Å². The topological polar surface area (TPSA) is 77.8 Å². The van der Waals surface area contributed by atoms with Crippen molar-refractivity contribution in [1.29, 1.82) is 0 Å². The highest BCUT2D eigenvalue weighted by Crippen LogP contribution is 2.42. The van der Waals surface area contributed by atoms with Crippen LogP contribution in [0.5, 0.6) is 0 Å². The van der Waals surface area contributed by atoms with Crippen LogP contribution >= 0.6 is 0 Å². The predicted octanol–water partition coefficient (Wildman–Crippen LogP) is 2.62. The Morgan fingerprint density at radius 2 is 1.67 bits per heavy atom. The van der Waals surface area contributed by atoms with Gasteiger partial charge in [0.15, 0.2) is 5.78 Å². The lowest BCUT2D eigenvalue weighted by Gasteiger charge is -2.43. The van der Waals surface area contributed by atoms with E-state index in [9.17, 15) is 20.1 Å². The summed E-state index contributed by atoms with van der Waals surface area (Å²) in [5.41, 5.74) is -0.213. The van der Waals surface area contributed by atoms with Crippen molar-refractivity contribution >= 4 is 5.78 Å². The summed E-state index contributed by atoms with van der Waals surface area (Å²) in [5, 5.41) is 30.1. The van der Waals surface area contributed by atoms with E-state index in [4.69, 9.17) is 0 Å². The SMILES string of the molecule is C=CC(C)(C)C1CC(/C=C/C(=O)C2CCC(O)CC2)C(O)CC1O. The average molecular weight is 336 g/mol. The van der Waals surface area contributed by atoms with E-state index in [0.717, 1.165) is 12.8 Å². The van der Waals surface area contributed by atoms with Crippen molar-refractivity contribution in [2.24, 2.45) is 23.2 Å². The van der Waals surface area contributed by atoms with Crippen LogP contribution in [0, 0.1) is 23.2 Å². The minimum absolute atomic E-state index is 0.00335. The van der Waals surface area contributed by atoms with Gasteiger partial charge in [0.25, 0.3) is 0 Å². The Balaban J connectivity index is 1.99. The van der Waals surface area contributed by atoms with E-state index < -0.39 is 12.2 Å².